The third kappa shape index (κ3) is 5.21. The van der Waals surface area contributed by atoms with E-state index in [2.05, 4.69) is 20.6 Å². The maximum atomic E-state index is 13.2. The Labute approximate surface area is 159 Å². The number of halogens is 3. The molecule has 138 valence electrons. The lowest BCUT2D eigenvalue weighted by Gasteiger charge is -2.07. The third-order valence-corrected chi connectivity index (χ3v) is 3.91. The molecule has 3 rings (SSSR count). The lowest BCUT2D eigenvalue weighted by molar-refractivity contribution is 0.0953. The molecule has 2 aromatic carbocycles. The van der Waals surface area contributed by atoms with Gasteiger partial charge in [0.05, 0.1) is 5.56 Å². The number of hydrogen-bond donors (Lipinski definition) is 2. The Morgan fingerprint density at radius 2 is 1.81 bits per heavy atom. The number of aromatic nitrogens is 2. The quantitative estimate of drug-likeness (QED) is 0.666. The number of benzene rings is 2. The van der Waals surface area contributed by atoms with E-state index in [-0.39, 0.29) is 17.4 Å². The highest BCUT2D eigenvalue weighted by molar-refractivity contribution is 6.30. The van der Waals surface area contributed by atoms with Crippen LogP contribution >= 0.6 is 11.6 Å². The van der Waals surface area contributed by atoms with Crippen LogP contribution in [0.2, 0.25) is 5.02 Å². The second-order valence-electron chi connectivity index (χ2n) is 5.69. The van der Waals surface area contributed by atoms with Gasteiger partial charge in [-0.2, -0.15) is 0 Å². The van der Waals surface area contributed by atoms with E-state index in [4.69, 9.17) is 11.6 Å². The average molecular weight is 389 g/mol. The fraction of sp³-hybridized carbons (Fsp3) is 0.105. The molecule has 5 nitrogen and oxygen atoms in total. The van der Waals surface area contributed by atoms with Crippen molar-refractivity contribution in [2.45, 2.75) is 6.42 Å². The second kappa shape index (κ2) is 8.55. The number of carbonyl (C=O) groups is 1. The molecule has 1 amide bonds. The van der Waals surface area contributed by atoms with Crippen molar-refractivity contribution < 1.29 is 13.6 Å². The van der Waals surface area contributed by atoms with Gasteiger partial charge in [0.25, 0.3) is 5.91 Å². The summed E-state index contributed by atoms with van der Waals surface area (Å²) in [6, 6.07) is 10.8. The molecule has 1 aromatic heterocycles. The van der Waals surface area contributed by atoms with Crippen LogP contribution in [-0.2, 0) is 6.42 Å². The minimum atomic E-state index is -0.976. The largest absolute Gasteiger partial charge is 0.352 e. The molecule has 1 heterocycles. The Hall–Kier alpha value is -3.06. The summed E-state index contributed by atoms with van der Waals surface area (Å²) >= 11 is 5.92. The summed E-state index contributed by atoms with van der Waals surface area (Å²) in [7, 11) is 0. The van der Waals surface area contributed by atoms with Crippen molar-refractivity contribution in [3.05, 3.63) is 82.6 Å². The van der Waals surface area contributed by atoms with Gasteiger partial charge in [0.2, 0.25) is 5.95 Å². The van der Waals surface area contributed by atoms with Crippen LogP contribution in [-0.4, -0.2) is 22.4 Å². The maximum absolute atomic E-state index is 13.2. The van der Waals surface area contributed by atoms with Gasteiger partial charge in [-0.1, -0.05) is 23.7 Å². The van der Waals surface area contributed by atoms with Crippen molar-refractivity contribution in [2.75, 3.05) is 11.9 Å². The number of nitrogens with zero attached hydrogens (tertiary/aromatic N) is 2. The predicted molar refractivity (Wildman–Crippen MR) is 99.2 cm³/mol. The smallest absolute Gasteiger partial charge is 0.254 e. The van der Waals surface area contributed by atoms with Crippen molar-refractivity contribution in [1.82, 2.24) is 15.3 Å². The van der Waals surface area contributed by atoms with Crippen LogP contribution in [0.4, 0.5) is 20.4 Å². The van der Waals surface area contributed by atoms with Crippen molar-refractivity contribution in [2.24, 2.45) is 0 Å². The van der Waals surface area contributed by atoms with Crippen LogP contribution in [0.3, 0.4) is 0 Å². The monoisotopic (exact) mass is 388 g/mol. The number of hydrogen-bond acceptors (Lipinski definition) is 4. The van der Waals surface area contributed by atoms with Gasteiger partial charge in [-0.3, -0.25) is 4.79 Å². The Balaban J connectivity index is 1.54. The number of anilines is 2. The van der Waals surface area contributed by atoms with Crippen LogP contribution < -0.4 is 10.6 Å². The van der Waals surface area contributed by atoms with Crippen LogP contribution in [0, 0.1) is 11.6 Å². The van der Waals surface area contributed by atoms with Gasteiger partial charge in [0.1, 0.15) is 0 Å². The number of carbonyl (C=O) groups excluding carboxylic acids is 1. The molecular weight excluding hydrogens is 374 g/mol. The molecule has 27 heavy (non-hydrogen) atoms. The molecule has 0 radical (unpaired) electrons. The van der Waals surface area contributed by atoms with Crippen molar-refractivity contribution in [1.29, 1.82) is 0 Å². The predicted octanol–water partition coefficient (Wildman–Crippen LogP) is 4.12. The summed E-state index contributed by atoms with van der Waals surface area (Å²) in [6.07, 6.45) is 3.34. The molecule has 0 saturated heterocycles. The van der Waals surface area contributed by atoms with E-state index in [9.17, 15) is 13.6 Å². The normalized spacial score (nSPS) is 10.5. The molecule has 0 aliphatic rings. The van der Waals surface area contributed by atoms with Crippen LogP contribution in [0.5, 0.6) is 0 Å². The molecule has 0 aliphatic carbocycles. The van der Waals surface area contributed by atoms with E-state index < -0.39 is 11.6 Å². The minimum Gasteiger partial charge on any atom is -0.352 e. The van der Waals surface area contributed by atoms with Gasteiger partial charge < -0.3 is 10.6 Å². The summed E-state index contributed by atoms with van der Waals surface area (Å²) in [4.78, 5) is 20.1. The second-order valence-corrected chi connectivity index (χ2v) is 6.12. The minimum absolute atomic E-state index is 0.163. The van der Waals surface area contributed by atoms with E-state index in [1.54, 1.807) is 6.07 Å². The Bertz CT molecular complexity index is 951. The van der Waals surface area contributed by atoms with Crippen LogP contribution in [0.15, 0.2) is 54.9 Å². The molecule has 2 N–H and O–H groups in total. The van der Waals surface area contributed by atoms with Crippen LogP contribution in [0.25, 0.3) is 0 Å². The lowest BCUT2D eigenvalue weighted by Crippen LogP contribution is -2.26. The molecule has 0 atom stereocenters. The van der Waals surface area contributed by atoms with E-state index in [1.165, 1.54) is 18.5 Å². The van der Waals surface area contributed by atoms with E-state index in [1.807, 2.05) is 18.2 Å². The summed E-state index contributed by atoms with van der Waals surface area (Å²) < 4.78 is 26.1. The molecule has 0 unspecified atom stereocenters. The Kier molecular flexibility index (Phi) is 5.93. The van der Waals surface area contributed by atoms with Crippen molar-refractivity contribution in [3.63, 3.8) is 0 Å². The van der Waals surface area contributed by atoms with Crippen molar-refractivity contribution in [3.8, 4) is 0 Å². The van der Waals surface area contributed by atoms with Crippen LogP contribution in [0.1, 0.15) is 15.9 Å². The van der Waals surface area contributed by atoms with Gasteiger partial charge in [-0.25, -0.2) is 18.7 Å². The zero-order valence-electron chi connectivity index (χ0n) is 14.0. The lowest BCUT2D eigenvalue weighted by atomic mass is 10.1. The number of amides is 1. The summed E-state index contributed by atoms with van der Waals surface area (Å²) in [5.41, 5.74) is 1.61. The third-order valence-electron chi connectivity index (χ3n) is 3.68. The first kappa shape index (κ1) is 18.7. The SMILES string of the molecule is O=C(NCCc1cccc(Cl)c1)c1cnc(Nc2ccc(F)c(F)c2)nc1. The molecule has 0 fully saturated rings. The molecule has 3 aromatic rings. The topological polar surface area (TPSA) is 66.9 Å². The molecular formula is C19H15ClF2N4O. The summed E-state index contributed by atoms with van der Waals surface area (Å²) in [6.45, 7) is 0.439. The highest BCUT2D eigenvalue weighted by Crippen LogP contribution is 2.16. The van der Waals surface area contributed by atoms with Crippen molar-refractivity contribution >= 4 is 29.1 Å². The first-order valence-electron chi connectivity index (χ1n) is 8.08. The van der Waals surface area contributed by atoms with Gasteiger partial charge in [0.15, 0.2) is 11.6 Å². The molecule has 0 spiro atoms. The van der Waals surface area contributed by atoms with Gasteiger partial charge >= 0.3 is 0 Å². The molecule has 0 bridgehead atoms. The zero-order valence-corrected chi connectivity index (χ0v) is 14.8. The van der Waals surface area contributed by atoms with E-state index >= 15 is 0 Å². The first-order chi connectivity index (χ1) is 13.0. The highest BCUT2D eigenvalue weighted by Gasteiger charge is 2.08. The molecule has 8 heteroatoms. The fourth-order valence-electron chi connectivity index (χ4n) is 2.33. The highest BCUT2D eigenvalue weighted by atomic mass is 35.5. The zero-order chi connectivity index (χ0) is 19.2. The van der Waals surface area contributed by atoms with Gasteiger partial charge in [-0.15, -0.1) is 0 Å². The van der Waals surface area contributed by atoms with Gasteiger partial charge in [0, 0.05) is 35.7 Å². The molecule has 0 saturated carbocycles. The standard InChI is InChI=1S/C19H15ClF2N4O/c20-14-3-1-2-12(8-14)6-7-23-18(27)13-10-24-19(25-11-13)26-15-4-5-16(21)17(22)9-15/h1-5,8-11H,6-7H2,(H,23,27)(H,24,25,26). The molecule has 0 aliphatic heterocycles. The van der Waals surface area contributed by atoms with Gasteiger partial charge in [-0.05, 0) is 36.2 Å². The van der Waals surface area contributed by atoms with E-state index in [0.29, 0.717) is 23.7 Å². The maximum Gasteiger partial charge on any atom is 0.254 e. The fourth-order valence-corrected chi connectivity index (χ4v) is 2.54. The van der Waals surface area contributed by atoms with E-state index in [0.717, 1.165) is 17.7 Å². The average Bonchev–Trinajstić information content (AvgIpc) is 2.65. The summed E-state index contributed by atoms with van der Waals surface area (Å²) in [5, 5.41) is 6.16. The Morgan fingerprint density at radius 1 is 1.04 bits per heavy atom. The number of rotatable bonds is 6. The number of nitrogens with one attached hydrogen (secondary N) is 2. The Morgan fingerprint density at radius 3 is 2.52 bits per heavy atom. The first-order valence-corrected chi connectivity index (χ1v) is 8.46. The summed E-state index contributed by atoms with van der Waals surface area (Å²) in [5.74, 6) is -2.06.